The quantitative estimate of drug-likeness (QED) is 0.601. The molecule has 7 heteroatoms. The summed E-state index contributed by atoms with van der Waals surface area (Å²) >= 11 is 5.52. The third-order valence-electron chi connectivity index (χ3n) is 0. The molecule has 0 saturated carbocycles. The van der Waals surface area contributed by atoms with Crippen LogP contribution in [0.3, 0.4) is 0 Å². The van der Waals surface area contributed by atoms with Crippen molar-refractivity contribution in [3.63, 3.8) is 0 Å². The maximum atomic E-state index is 5.69. The first-order valence-corrected chi connectivity index (χ1v) is 2.88. The number of hydrogen-bond acceptors (Lipinski definition) is 2. The van der Waals surface area contributed by atoms with E-state index in [1.165, 1.54) is 0 Å². The third-order valence-corrected chi connectivity index (χ3v) is 0. The zero-order chi connectivity index (χ0) is 4.71. The summed E-state index contributed by atoms with van der Waals surface area (Å²) in [5, 5.41) is 0. The second kappa shape index (κ2) is 35.1. The topological polar surface area (TPSA) is 36.2 Å². The van der Waals surface area contributed by atoms with Crippen LogP contribution in [-0.4, -0.2) is 0 Å². The van der Waals surface area contributed by atoms with Crippen LogP contribution in [0, 0.1) is 4.21 Å². The smallest absolute Gasteiger partial charge is 0 e. The van der Waals surface area contributed by atoms with Crippen LogP contribution in [0.15, 0.2) is 2.00 Å². The molecule has 2 radical (unpaired) electrons. The zero-order valence-corrected chi connectivity index (χ0v) is 12.4. The van der Waals surface area contributed by atoms with Gasteiger partial charge in [0, 0.05) is 52.7 Å². The van der Waals surface area contributed by atoms with E-state index in [0.717, 1.165) is 0 Å². The van der Waals surface area contributed by atoms with E-state index in [2.05, 4.69) is 19.2 Å². The molecule has 7 heavy (non-hydrogen) atoms. The summed E-state index contributed by atoms with van der Waals surface area (Å²) in [5.74, 6) is 0. The number of halogens is 1. The molecule has 0 aliphatic rings. The van der Waals surface area contributed by atoms with Crippen molar-refractivity contribution in [1.82, 2.24) is 0 Å². The van der Waals surface area contributed by atoms with Gasteiger partial charge in [0.15, 0.2) is 0 Å². The Balaban J connectivity index is -0.00000000567. The summed E-state index contributed by atoms with van der Waals surface area (Å²) in [5.41, 5.74) is 0. The first-order chi connectivity index (χ1) is 2.41. The summed E-state index contributed by atoms with van der Waals surface area (Å²) in [6.45, 7) is 0. The van der Waals surface area contributed by atoms with Crippen molar-refractivity contribution in [3.05, 3.63) is 0 Å². The number of nitrogens with zero attached hydrogens (tertiary/aromatic N) is 1. The Kier molecular flexibility index (Phi) is 113. The van der Waals surface area contributed by atoms with Crippen molar-refractivity contribution in [1.29, 1.82) is 4.21 Å². The Hall–Kier alpha value is 3.19. The second-order valence-electron chi connectivity index (χ2n) is 0.0756. The molecule has 0 aliphatic heterocycles. The maximum Gasteiger partial charge on any atom is 0 e. The molecule has 2 nitrogen and oxygen atoms in total. The van der Waals surface area contributed by atoms with Gasteiger partial charge in [-0.3, -0.25) is 0 Å². The number of nitrogens with one attached hydrogen (secondary N) is 1. The minimum atomic E-state index is 0. The molecular formula is H3IN2V3Y. The molecule has 0 aliphatic carbocycles. The molecule has 0 bridgehead atoms. The van der Waals surface area contributed by atoms with Crippen molar-refractivity contribution in [2.45, 2.75) is 0 Å². The Morgan fingerprint density at radius 2 is 1.57 bits per heavy atom. The summed E-state index contributed by atoms with van der Waals surface area (Å²) in [6, 6.07) is 0. The minimum absolute atomic E-state index is 0. The molecule has 0 saturated heterocycles. The SMILES string of the molecule is [HH].[NH]=[V].[V].[V]=[N]I.[Y]. The predicted octanol–water partition coefficient (Wildman–Crippen LogP) is 1.60. The van der Waals surface area contributed by atoms with Gasteiger partial charge in [0.2, 0.25) is 0 Å². The second-order valence-corrected chi connectivity index (χ2v) is 2.09. The van der Waals surface area contributed by atoms with Crippen molar-refractivity contribution >= 4 is 22.9 Å². The minimum Gasteiger partial charge on any atom is 0 e. The maximum absolute atomic E-state index is 5.69. The Bertz CT molecular complexity index is 31.2. The van der Waals surface area contributed by atoms with Gasteiger partial charge in [-0.15, -0.1) is 0 Å². The number of rotatable bonds is 0. The van der Waals surface area contributed by atoms with Gasteiger partial charge >= 0.3 is 63.5 Å². The largest absolute Gasteiger partial charge is 0 e. The van der Waals surface area contributed by atoms with E-state index in [9.17, 15) is 0 Å². The fourth-order valence-electron chi connectivity index (χ4n) is 0. The number of hydrogen-bond donors (Lipinski definition) is 1. The van der Waals surface area contributed by atoms with E-state index in [-0.39, 0.29) is 52.7 Å². The molecule has 0 aromatic carbocycles. The van der Waals surface area contributed by atoms with Gasteiger partial charge in [0.25, 0.3) is 0 Å². The van der Waals surface area contributed by atoms with Crippen LogP contribution >= 0.6 is 22.9 Å². The van der Waals surface area contributed by atoms with Crippen LogP contribution in [0.4, 0.5) is 0 Å². The molecule has 0 aromatic heterocycles. The monoisotopic (exact) mass is 400 g/mol. The standard InChI is InChI=1S/IN.HN.3V.Y.H2/c1-2;;;;;;/h;1H;;;;;1H. The summed E-state index contributed by atoms with van der Waals surface area (Å²) in [4.78, 5) is 0. The van der Waals surface area contributed by atoms with Crippen LogP contribution in [0.2, 0.25) is 0 Å². The van der Waals surface area contributed by atoms with Gasteiger partial charge in [-0.2, -0.15) is 0 Å². The molecule has 0 unspecified atom stereocenters. The Labute approximate surface area is 114 Å². The molecule has 0 rings (SSSR count). The molecule has 0 heterocycles. The Morgan fingerprint density at radius 3 is 1.57 bits per heavy atom. The van der Waals surface area contributed by atoms with Crippen molar-refractivity contribution < 1.29 is 87.2 Å². The fraction of sp³-hybridized carbons (Fsp3) is 0. The molecule has 0 spiro atoms. The van der Waals surface area contributed by atoms with E-state index in [1.54, 1.807) is 17.2 Å². The first-order valence-electron chi connectivity index (χ1n) is 0.593. The molecule has 38 valence electrons. The summed E-state index contributed by atoms with van der Waals surface area (Å²) < 4.78 is 9.09. The van der Waals surface area contributed by atoms with Gasteiger partial charge in [0.1, 0.15) is 0 Å². The molecule has 1 N–H and O–H groups in total. The van der Waals surface area contributed by atoms with Crippen molar-refractivity contribution in [3.8, 4) is 0 Å². The third kappa shape index (κ3) is 46.7. The van der Waals surface area contributed by atoms with Gasteiger partial charge in [-0.25, -0.2) is 0 Å². The van der Waals surface area contributed by atoms with Gasteiger partial charge < -0.3 is 0 Å². The molecule has 0 amide bonds. The van der Waals surface area contributed by atoms with Crippen molar-refractivity contribution in [2.24, 2.45) is 2.00 Å². The molecule has 0 fully saturated rings. The van der Waals surface area contributed by atoms with Crippen LogP contribution in [-0.2, 0) is 85.7 Å². The summed E-state index contributed by atoms with van der Waals surface area (Å²) in [6.07, 6.45) is 0. The van der Waals surface area contributed by atoms with Gasteiger partial charge in [-0.1, -0.05) is 0 Å². The van der Waals surface area contributed by atoms with E-state index >= 15 is 0 Å². The van der Waals surface area contributed by atoms with E-state index in [4.69, 9.17) is 4.21 Å². The first kappa shape index (κ1) is 22.5. The summed E-state index contributed by atoms with van der Waals surface area (Å²) in [7, 11) is 0. The van der Waals surface area contributed by atoms with Crippen LogP contribution in [0.25, 0.3) is 0 Å². The predicted molar refractivity (Wildman–Crippen MR) is 21.3 cm³/mol. The van der Waals surface area contributed by atoms with Gasteiger partial charge in [-0.05, 0) is 0 Å². The van der Waals surface area contributed by atoms with E-state index < -0.39 is 0 Å². The van der Waals surface area contributed by atoms with Crippen LogP contribution in [0.1, 0.15) is 1.43 Å². The average Bonchev–Trinajstić information content (AvgIpc) is 1.46. The fourth-order valence-corrected chi connectivity index (χ4v) is 0. The zero-order valence-electron chi connectivity index (χ0n) is 3.24. The van der Waals surface area contributed by atoms with Crippen molar-refractivity contribution in [2.75, 3.05) is 0 Å². The Morgan fingerprint density at radius 1 is 1.57 bits per heavy atom. The molecule has 0 aromatic rings. The van der Waals surface area contributed by atoms with Crippen LogP contribution < -0.4 is 0 Å². The average molecular weight is 400 g/mol. The van der Waals surface area contributed by atoms with Gasteiger partial charge in [0.05, 0.1) is 0 Å². The van der Waals surface area contributed by atoms with Crippen LogP contribution in [0.5, 0.6) is 0 Å². The van der Waals surface area contributed by atoms with E-state index in [1.807, 2.05) is 22.9 Å². The molecular weight excluding hydrogens is 397 g/mol. The van der Waals surface area contributed by atoms with E-state index in [0.29, 0.717) is 0 Å². The molecule has 0 atom stereocenters. The normalized spacial score (nSPS) is 2.14.